The molecule has 1 aromatic rings. The number of rotatable bonds is 6. The quantitative estimate of drug-likeness (QED) is 0.823. The van der Waals surface area contributed by atoms with Gasteiger partial charge < -0.3 is 15.4 Å². The Morgan fingerprint density at radius 3 is 3.11 bits per heavy atom. The minimum atomic E-state index is 0.299. The van der Waals surface area contributed by atoms with Crippen molar-refractivity contribution in [2.24, 2.45) is 5.41 Å². The second-order valence-electron chi connectivity index (χ2n) is 5.53. The second kappa shape index (κ2) is 6.70. The Morgan fingerprint density at radius 1 is 1.47 bits per heavy atom. The normalized spacial score (nSPS) is 23.1. The van der Waals surface area contributed by atoms with Gasteiger partial charge in [-0.2, -0.15) is 0 Å². The number of ether oxygens (including phenoxy) is 1. The van der Waals surface area contributed by atoms with E-state index in [1.54, 1.807) is 6.33 Å². The van der Waals surface area contributed by atoms with Gasteiger partial charge in [0.15, 0.2) is 0 Å². The van der Waals surface area contributed by atoms with Gasteiger partial charge in [-0.05, 0) is 31.2 Å². The zero-order valence-electron chi connectivity index (χ0n) is 11.9. The number of hydrogen-bond acceptors (Lipinski definition) is 5. The summed E-state index contributed by atoms with van der Waals surface area (Å²) in [6, 6.07) is 1.87. The molecule has 5 nitrogen and oxygen atoms in total. The average molecular weight is 264 g/mol. The lowest BCUT2D eigenvalue weighted by molar-refractivity contribution is 0.253. The van der Waals surface area contributed by atoms with Crippen molar-refractivity contribution in [1.82, 2.24) is 15.3 Å². The largest absolute Gasteiger partial charge is 0.478 e. The number of anilines is 1. The molecule has 1 fully saturated rings. The molecule has 1 atom stereocenters. The molecule has 19 heavy (non-hydrogen) atoms. The highest BCUT2D eigenvalue weighted by atomic mass is 16.5. The highest BCUT2D eigenvalue weighted by Crippen LogP contribution is 2.25. The molecule has 0 aliphatic carbocycles. The topological polar surface area (TPSA) is 59.1 Å². The van der Waals surface area contributed by atoms with Gasteiger partial charge in [0.1, 0.15) is 12.1 Å². The van der Waals surface area contributed by atoms with Crippen molar-refractivity contribution in [3.8, 4) is 5.88 Å². The third-order valence-corrected chi connectivity index (χ3v) is 3.48. The Bertz CT molecular complexity index is 391. The molecule has 1 unspecified atom stereocenters. The molecular formula is C14H24N4O. The maximum absolute atomic E-state index is 5.51. The zero-order chi connectivity index (χ0) is 13.6. The van der Waals surface area contributed by atoms with Crippen LogP contribution in [0.5, 0.6) is 5.88 Å². The molecule has 0 aromatic carbocycles. The van der Waals surface area contributed by atoms with E-state index in [0.29, 0.717) is 17.9 Å². The molecule has 1 aromatic heterocycles. The molecule has 0 radical (unpaired) electrons. The van der Waals surface area contributed by atoms with Gasteiger partial charge in [0.05, 0.1) is 6.61 Å². The predicted molar refractivity (Wildman–Crippen MR) is 76.5 cm³/mol. The van der Waals surface area contributed by atoms with E-state index >= 15 is 0 Å². The Labute approximate surface area is 115 Å². The van der Waals surface area contributed by atoms with Gasteiger partial charge in [0.2, 0.25) is 5.88 Å². The number of aromatic nitrogens is 2. The third kappa shape index (κ3) is 4.35. The van der Waals surface area contributed by atoms with Gasteiger partial charge in [0, 0.05) is 19.2 Å². The average Bonchev–Trinajstić information content (AvgIpc) is 2.44. The van der Waals surface area contributed by atoms with Crippen molar-refractivity contribution in [3.05, 3.63) is 12.4 Å². The van der Waals surface area contributed by atoms with Crippen LogP contribution in [0.25, 0.3) is 0 Å². The van der Waals surface area contributed by atoms with Gasteiger partial charge in [0.25, 0.3) is 0 Å². The highest BCUT2D eigenvalue weighted by Gasteiger charge is 2.26. The minimum absolute atomic E-state index is 0.299. The van der Waals surface area contributed by atoms with Gasteiger partial charge in [-0.3, -0.25) is 0 Å². The summed E-state index contributed by atoms with van der Waals surface area (Å²) >= 11 is 0. The summed E-state index contributed by atoms with van der Waals surface area (Å²) in [4.78, 5) is 8.34. The Balaban J connectivity index is 1.88. The van der Waals surface area contributed by atoms with Crippen molar-refractivity contribution in [1.29, 1.82) is 0 Å². The van der Waals surface area contributed by atoms with Crippen LogP contribution in [0.15, 0.2) is 12.4 Å². The fraction of sp³-hybridized carbons (Fsp3) is 0.714. The highest BCUT2D eigenvalue weighted by molar-refractivity contribution is 5.37. The van der Waals surface area contributed by atoms with Gasteiger partial charge in [-0.1, -0.05) is 13.8 Å². The predicted octanol–water partition coefficient (Wildman–Crippen LogP) is 2.07. The van der Waals surface area contributed by atoms with Crippen molar-refractivity contribution < 1.29 is 4.74 Å². The second-order valence-corrected chi connectivity index (χ2v) is 5.53. The molecule has 2 N–H and O–H groups in total. The van der Waals surface area contributed by atoms with E-state index in [-0.39, 0.29) is 0 Å². The molecule has 2 rings (SSSR count). The van der Waals surface area contributed by atoms with Crippen LogP contribution >= 0.6 is 0 Å². The first-order chi connectivity index (χ1) is 9.22. The van der Waals surface area contributed by atoms with Crippen LogP contribution in [0.3, 0.4) is 0 Å². The van der Waals surface area contributed by atoms with E-state index < -0.39 is 0 Å². The summed E-state index contributed by atoms with van der Waals surface area (Å²) in [6.45, 7) is 8.20. The van der Waals surface area contributed by atoms with Gasteiger partial charge >= 0.3 is 0 Å². The van der Waals surface area contributed by atoms with Gasteiger partial charge in [-0.25, -0.2) is 9.97 Å². The Kier molecular flexibility index (Phi) is 4.96. The molecule has 0 saturated carbocycles. The van der Waals surface area contributed by atoms with E-state index in [1.165, 1.54) is 12.8 Å². The molecule has 1 aliphatic rings. The van der Waals surface area contributed by atoms with Crippen LogP contribution in [0, 0.1) is 5.41 Å². The molecule has 5 heteroatoms. The van der Waals surface area contributed by atoms with Crippen LogP contribution in [-0.2, 0) is 0 Å². The lowest BCUT2D eigenvalue weighted by Crippen LogP contribution is -2.42. The summed E-state index contributed by atoms with van der Waals surface area (Å²) < 4.78 is 5.51. The maximum atomic E-state index is 5.51. The SMILES string of the molecule is CCCOc1cc(NCC2(C)CCCNC2)ncn1. The molecule has 106 valence electrons. The van der Waals surface area contributed by atoms with E-state index in [1.807, 2.05) is 6.07 Å². The monoisotopic (exact) mass is 264 g/mol. The van der Waals surface area contributed by atoms with Crippen molar-refractivity contribution >= 4 is 5.82 Å². The number of hydrogen-bond donors (Lipinski definition) is 2. The summed E-state index contributed by atoms with van der Waals surface area (Å²) in [5.41, 5.74) is 0.299. The fourth-order valence-corrected chi connectivity index (χ4v) is 2.30. The first-order valence-electron chi connectivity index (χ1n) is 7.11. The molecular weight excluding hydrogens is 240 g/mol. The molecule has 1 saturated heterocycles. The summed E-state index contributed by atoms with van der Waals surface area (Å²) in [6.07, 6.45) is 5.02. The summed E-state index contributed by atoms with van der Waals surface area (Å²) in [5, 5.41) is 6.85. The van der Waals surface area contributed by atoms with Crippen molar-refractivity contribution in [3.63, 3.8) is 0 Å². The van der Waals surface area contributed by atoms with Crippen LogP contribution in [0.2, 0.25) is 0 Å². The summed E-state index contributed by atoms with van der Waals surface area (Å²) in [5.74, 6) is 1.49. The van der Waals surface area contributed by atoms with Gasteiger partial charge in [-0.15, -0.1) is 0 Å². The first-order valence-corrected chi connectivity index (χ1v) is 7.11. The van der Waals surface area contributed by atoms with E-state index in [2.05, 4.69) is 34.4 Å². The number of nitrogens with one attached hydrogen (secondary N) is 2. The lowest BCUT2D eigenvalue weighted by atomic mass is 9.83. The third-order valence-electron chi connectivity index (χ3n) is 3.48. The van der Waals surface area contributed by atoms with E-state index in [0.717, 1.165) is 31.9 Å². The maximum Gasteiger partial charge on any atom is 0.218 e. The first kappa shape index (κ1) is 14.1. The molecule has 2 heterocycles. The molecule has 0 spiro atoms. The number of piperidine rings is 1. The smallest absolute Gasteiger partial charge is 0.218 e. The fourth-order valence-electron chi connectivity index (χ4n) is 2.30. The lowest BCUT2D eigenvalue weighted by Gasteiger charge is -2.34. The van der Waals surface area contributed by atoms with E-state index in [4.69, 9.17) is 4.74 Å². The Hall–Kier alpha value is -1.36. The minimum Gasteiger partial charge on any atom is -0.478 e. The van der Waals surface area contributed by atoms with Crippen molar-refractivity contribution in [2.75, 3.05) is 31.6 Å². The number of nitrogens with zero attached hydrogens (tertiary/aromatic N) is 2. The standard InChI is InChI=1S/C14H24N4O/c1-3-7-19-13-8-12(17-11-18-13)16-10-14(2)5-4-6-15-9-14/h8,11,15H,3-7,9-10H2,1-2H3,(H,16,17,18). The van der Waals surface area contributed by atoms with Crippen LogP contribution in [-0.4, -0.2) is 36.2 Å². The summed E-state index contributed by atoms with van der Waals surface area (Å²) in [7, 11) is 0. The molecule has 0 amide bonds. The molecule has 0 bridgehead atoms. The Morgan fingerprint density at radius 2 is 2.37 bits per heavy atom. The van der Waals surface area contributed by atoms with Crippen LogP contribution in [0.1, 0.15) is 33.1 Å². The van der Waals surface area contributed by atoms with Crippen LogP contribution < -0.4 is 15.4 Å². The van der Waals surface area contributed by atoms with E-state index in [9.17, 15) is 0 Å². The van der Waals surface area contributed by atoms with Crippen LogP contribution in [0.4, 0.5) is 5.82 Å². The molecule has 1 aliphatic heterocycles. The zero-order valence-corrected chi connectivity index (χ0v) is 11.9. The van der Waals surface area contributed by atoms with Crippen molar-refractivity contribution in [2.45, 2.75) is 33.1 Å².